The van der Waals surface area contributed by atoms with Crippen LogP contribution in [0.25, 0.3) is 6.08 Å². The highest BCUT2D eigenvalue weighted by Crippen LogP contribution is 2.30. The first-order valence-electron chi connectivity index (χ1n) is 3.86. The van der Waals surface area contributed by atoms with Crippen molar-refractivity contribution in [2.45, 2.75) is 6.42 Å². The molecule has 0 bridgehead atoms. The van der Waals surface area contributed by atoms with Gasteiger partial charge in [-0.3, -0.25) is 0 Å². The lowest BCUT2D eigenvalue weighted by atomic mass is 10.1. The third-order valence-corrected chi connectivity index (χ3v) is 4.29. The van der Waals surface area contributed by atoms with Gasteiger partial charge in [0.25, 0.3) is 0 Å². The summed E-state index contributed by atoms with van der Waals surface area (Å²) in [7, 11) is 0. The van der Waals surface area contributed by atoms with Crippen molar-refractivity contribution < 1.29 is 0 Å². The number of hydrogen-bond acceptors (Lipinski definition) is 0. The lowest BCUT2D eigenvalue weighted by molar-refractivity contribution is 1.14. The maximum absolute atomic E-state index is 3.79. The van der Waals surface area contributed by atoms with E-state index in [2.05, 4.69) is 60.4 Å². The normalized spacial score (nSPS) is 10.1. The summed E-state index contributed by atoms with van der Waals surface area (Å²) >= 11 is 10.5. The van der Waals surface area contributed by atoms with E-state index in [1.54, 1.807) is 0 Å². The van der Waals surface area contributed by atoms with Crippen LogP contribution in [0.4, 0.5) is 0 Å². The molecular formula is C10H9Br3. The third kappa shape index (κ3) is 2.67. The standard InChI is InChI=1S/C10H9Br3/c1-2-7-3-4-9(12)10(13)8(7)5-6-11/h2-4H,1,5-6H2. The Morgan fingerprint density at radius 3 is 2.54 bits per heavy atom. The van der Waals surface area contributed by atoms with Crippen molar-refractivity contribution in [3.63, 3.8) is 0 Å². The molecule has 0 aliphatic rings. The van der Waals surface area contributed by atoms with E-state index in [0.717, 1.165) is 20.7 Å². The summed E-state index contributed by atoms with van der Waals surface area (Å²) in [4.78, 5) is 0. The highest BCUT2D eigenvalue weighted by molar-refractivity contribution is 9.13. The molecule has 1 aromatic carbocycles. The summed E-state index contributed by atoms with van der Waals surface area (Å²) in [5.74, 6) is 0. The first kappa shape index (κ1) is 11.5. The molecule has 0 N–H and O–H groups in total. The maximum Gasteiger partial charge on any atom is 0.0355 e. The quantitative estimate of drug-likeness (QED) is 0.673. The monoisotopic (exact) mass is 366 g/mol. The second-order valence-corrected chi connectivity index (χ2v) is 5.01. The van der Waals surface area contributed by atoms with Crippen LogP contribution < -0.4 is 0 Å². The van der Waals surface area contributed by atoms with Gasteiger partial charge >= 0.3 is 0 Å². The molecule has 1 aromatic rings. The number of alkyl halides is 1. The van der Waals surface area contributed by atoms with Crippen molar-refractivity contribution in [1.82, 2.24) is 0 Å². The topological polar surface area (TPSA) is 0 Å². The Hall–Kier alpha value is 0.400. The van der Waals surface area contributed by atoms with Crippen LogP contribution in [0.15, 0.2) is 27.7 Å². The largest absolute Gasteiger partial charge is 0.0985 e. The molecule has 0 amide bonds. The van der Waals surface area contributed by atoms with Gasteiger partial charge in [-0.1, -0.05) is 34.7 Å². The van der Waals surface area contributed by atoms with Crippen LogP contribution in [0.2, 0.25) is 0 Å². The lowest BCUT2D eigenvalue weighted by Crippen LogP contribution is -1.92. The number of halogens is 3. The molecule has 70 valence electrons. The van der Waals surface area contributed by atoms with Gasteiger partial charge in [0.1, 0.15) is 0 Å². The first-order valence-corrected chi connectivity index (χ1v) is 6.56. The first-order chi connectivity index (χ1) is 6.20. The molecule has 0 aromatic heterocycles. The van der Waals surface area contributed by atoms with Crippen LogP contribution in [0.1, 0.15) is 11.1 Å². The fourth-order valence-electron chi connectivity index (χ4n) is 1.15. The molecule has 13 heavy (non-hydrogen) atoms. The van der Waals surface area contributed by atoms with Gasteiger partial charge in [0.2, 0.25) is 0 Å². The van der Waals surface area contributed by atoms with Crippen LogP contribution in [0.3, 0.4) is 0 Å². The average molecular weight is 369 g/mol. The molecule has 0 fully saturated rings. The average Bonchev–Trinajstić information content (AvgIpc) is 2.14. The molecule has 0 saturated heterocycles. The van der Waals surface area contributed by atoms with Crippen molar-refractivity contribution >= 4 is 53.9 Å². The Balaban J connectivity index is 3.23. The van der Waals surface area contributed by atoms with E-state index in [4.69, 9.17) is 0 Å². The maximum atomic E-state index is 3.79. The number of benzene rings is 1. The van der Waals surface area contributed by atoms with Gasteiger partial charge in [-0.05, 0) is 55.5 Å². The molecule has 0 aliphatic carbocycles. The van der Waals surface area contributed by atoms with Gasteiger partial charge < -0.3 is 0 Å². The van der Waals surface area contributed by atoms with E-state index in [1.807, 2.05) is 12.1 Å². The summed E-state index contributed by atoms with van der Waals surface area (Å²) in [5, 5.41) is 0.961. The molecule has 0 nitrogen and oxygen atoms in total. The van der Waals surface area contributed by atoms with E-state index >= 15 is 0 Å². The third-order valence-electron chi connectivity index (χ3n) is 1.80. The lowest BCUT2D eigenvalue weighted by Gasteiger charge is -2.08. The van der Waals surface area contributed by atoms with E-state index in [-0.39, 0.29) is 0 Å². The van der Waals surface area contributed by atoms with E-state index in [0.29, 0.717) is 0 Å². The van der Waals surface area contributed by atoms with Gasteiger partial charge in [0, 0.05) is 14.3 Å². The van der Waals surface area contributed by atoms with Crippen LogP contribution in [-0.2, 0) is 6.42 Å². The minimum Gasteiger partial charge on any atom is -0.0985 e. The fourth-order valence-corrected chi connectivity index (χ4v) is 2.47. The van der Waals surface area contributed by atoms with Gasteiger partial charge in [-0.2, -0.15) is 0 Å². The fraction of sp³-hybridized carbons (Fsp3) is 0.200. The molecule has 0 saturated carbocycles. The minimum absolute atomic E-state index is 0.961. The van der Waals surface area contributed by atoms with Gasteiger partial charge in [0.05, 0.1) is 0 Å². The zero-order chi connectivity index (χ0) is 9.84. The minimum atomic E-state index is 0.961. The van der Waals surface area contributed by atoms with Gasteiger partial charge in [0.15, 0.2) is 0 Å². The molecule has 0 atom stereocenters. The summed E-state index contributed by atoms with van der Waals surface area (Å²) in [6.07, 6.45) is 2.89. The Morgan fingerprint density at radius 1 is 1.31 bits per heavy atom. The summed E-state index contributed by atoms with van der Waals surface area (Å²) in [6.45, 7) is 3.79. The van der Waals surface area contributed by atoms with E-state index in [9.17, 15) is 0 Å². The Kier molecular flexibility index (Phi) is 4.70. The number of hydrogen-bond donors (Lipinski definition) is 0. The van der Waals surface area contributed by atoms with Gasteiger partial charge in [-0.15, -0.1) is 0 Å². The molecule has 0 aliphatic heterocycles. The zero-order valence-corrected chi connectivity index (χ0v) is 11.7. The SMILES string of the molecule is C=Cc1ccc(Br)c(Br)c1CCBr. The Bertz CT molecular complexity index is 318. The molecule has 0 radical (unpaired) electrons. The second kappa shape index (κ2) is 5.32. The molecule has 1 rings (SSSR count). The van der Waals surface area contributed by atoms with Crippen molar-refractivity contribution in [1.29, 1.82) is 0 Å². The predicted octanol–water partition coefficient (Wildman–Crippen LogP) is 4.79. The van der Waals surface area contributed by atoms with Crippen molar-refractivity contribution in [2.24, 2.45) is 0 Å². The van der Waals surface area contributed by atoms with Crippen molar-refractivity contribution in [2.75, 3.05) is 5.33 Å². The smallest absolute Gasteiger partial charge is 0.0355 e. The molecule has 3 heteroatoms. The highest BCUT2D eigenvalue weighted by atomic mass is 79.9. The van der Waals surface area contributed by atoms with Crippen LogP contribution in [0, 0.1) is 0 Å². The Morgan fingerprint density at radius 2 is 2.00 bits per heavy atom. The van der Waals surface area contributed by atoms with Crippen LogP contribution >= 0.6 is 47.8 Å². The molecule has 0 unspecified atom stereocenters. The molecule has 0 heterocycles. The highest BCUT2D eigenvalue weighted by Gasteiger charge is 2.06. The van der Waals surface area contributed by atoms with Crippen LogP contribution in [0.5, 0.6) is 0 Å². The molecular weight excluding hydrogens is 360 g/mol. The van der Waals surface area contributed by atoms with Crippen molar-refractivity contribution in [3.8, 4) is 0 Å². The van der Waals surface area contributed by atoms with Crippen LogP contribution in [-0.4, -0.2) is 5.33 Å². The summed E-state index contributed by atoms with van der Waals surface area (Å²) in [5.41, 5.74) is 2.48. The second-order valence-electron chi connectivity index (χ2n) is 2.57. The summed E-state index contributed by atoms with van der Waals surface area (Å²) < 4.78 is 2.22. The number of rotatable bonds is 3. The molecule has 0 spiro atoms. The van der Waals surface area contributed by atoms with E-state index in [1.165, 1.54) is 11.1 Å². The zero-order valence-electron chi connectivity index (χ0n) is 6.99. The summed E-state index contributed by atoms with van der Waals surface area (Å²) in [6, 6.07) is 4.10. The van der Waals surface area contributed by atoms with Crippen molar-refractivity contribution in [3.05, 3.63) is 38.8 Å². The van der Waals surface area contributed by atoms with E-state index < -0.39 is 0 Å². The predicted molar refractivity (Wildman–Crippen MR) is 69.4 cm³/mol. The Labute approximate surface area is 104 Å². The van der Waals surface area contributed by atoms with Gasteiger partial charge in [-0.25, -0.2) is 0 Å².